The van der Waals surface area contributed by atoms with E-state index < -0.39 is 9.84 Å². The zero-order valence-corrected chi connectivity index (χ0v) is 11.5. The molecule has 0 unspecified atom stereocenters. The second-order valence-electron chi connectivity index (χ2n) is 4.55. The van der Waals surface area contributed by atoms with Crippen molar-refractivity contribution in [2.24, 2.45) is 0 Å². The summed E-state index contributed by atoms with van der Waals surface area (Å²) in [5, 5.41) is 3.22. The molecular weight excluding hydrogens is 234 g/mol. The van der Waals surface area contributed by atoms with Crippen molar-refractivity contribution in [2.75, 3.05) is 12.3 Å². The Labute approximate surface area is 104 Å². The molecule has 0 amide bonds. The standard InChI is InChI=1S/C13H21NO2S/c1-11(2)14-9-6-10-17(15,16)13-8-5-4-7-12(13)3/h4-5,7-8,11,14H,6,9-10H2,1-3H3. The average Bonchev–Trinajstić information content (AvgIpc) is 2.24. The Morgan fingerprint density at radius 3 is 2.47 bits per heavy atom. The van der Waals surface area contributed by atoms with E-state index in [4.69, 9.17) is 0 Å². The van der Waals surface area contributed by atoms with Crippen LogP contribution in [0.5, 0.6) is 0 Å². The molecule has 96 valence electrons. The van der Waals surface area contributed by atoms with E-state index in [1.807, 2.05) is 19.1 Å². The second-order valence-corrected chi connectivity index (χ2v) is 6.62. The lowest BCUT2D eigenvalue weighted by atomic mass is 10.2. The van der Waals surface area contributed by atoms with Crippen LogP contribution < -0.4 is 5.32 Å². The lowest BCUT2D eigenvalue weighted by Crippen LogP contribution is -2.25. The summed E-state index contributed by atoms with van der Waals surface area (Å²) < 4.78 is 24.1. The third kappa shape index (κ3) is 4.48. The van der Waals surface area contributed by atoms with Gasteiger partial charge in [-0.2, -0.15) is 0 Å². The number of sulfone groups is 1. The molecule has 0 saturated carbocycles. The molecule has 3 nitrogen and oxygen atoms in total. The summed E-state index contributed by atoms with van der Waals surface area (Å²) in [7, 11) is -3.13. The fourth-order valence-corrected chi connectivity index (χ4v) is 3.26. The average molecular weight is 255 g/mol. The zero-order chi connectivity index (χ0) is 12.9. The molecule has 0 radical (unpaired) electrons. The first-order valence-electron chi connectivity index (χ1n) is 5.95. The maximum absolute atomic E-state index is 12.1. The highest BCUT2D eigenvalue weighted by Gasteiger charge is 2.15. The number of benzene rings is 1. The molecule has 0 aromatic heterocycles. The van der Waals surface area contributed by atoms with Gasteiger partial charge in [-0.1, -0.05) is 32.0 Å². The highest BCUT2D eigenvalue weighted by Crippen LogP contribution is 2.16. The van der Waals surface area contributed by atoms with Gasteiger partial charge in [-0.25, -0.2) is 8.42 Å². The highest BCUT2D eigenvalue weighted by molar-refractivity contribution is 7.91. The maximum atomic E-state index is 12.1. The smallest absolute Gasteiger partial charge is 0.178 e. The van der Waals surface area contributed by atoms with Crippen LogP contribution in [-0.4, -0.2) is 26.8 Å². The Hall–Kier alpha value is -0.870. The van der Waals surface area contributed by atoms with Crippen LogP contribution in [0.25, 0.3) is 0 Å². The molecule has 0 saturated heterocycles. The first-order valence-corrected chi connectivity index (χ1v) is 7.60. The summed E-state index contributed by atoms with van der Waals surface area (Å²) in [6, 6.07) is 7.54. The van der Waals surface area contributed by atoms with Crippen molar-refractivity contribution in [1.82, 2.24) is 5.32 Å². The molecule has 1 aromatic rings. The van der Waals surface area contributed by atoms with Crippen LogP contribution in [0.4, 0.5) is 0 Å². The molecule has 0 aliphatic rings. The third-order valence-electron chi connectivity index (χ3n) is 2.57. The summed E-state index contributed by atoms with van der Waals surface area (Å²) >= 11 is 0. The molecule has 4 heteroatoms. The highest BCUT2D eigenvalue weighted by atomic mass is 32.2. The largest absolute Gasteiger partial charge is 0.314 e. The summed E-state index contributed by atoms with van der Waals surface area (Å²) in [6.45, 7) is 6.67. The van der Waals surface area contributed by atoms with Gasteiger partial charge in [0.05, 0.1) is 10.6 Å². The van der Waals surface area contributed by atoms with Crippen LogP contribution in [0.1, 0.15) is 25.8 Å². The summed E-state index contributed by atoms with van der Waals surface area (Å²) in [4.78, 5) is 0.463. The van der Waals surface area contributed by atoms with E-state index in [1.54, 1.807) is 12.1 Å². The Balaban J connectivity index is 2.61. The minimum Gasteiger partial charge on any atom is -0.314 e. The van der Waals surface area contributed by atoms with E-state index in [0.29, 0.717) is 17.4 Å². The predicted octanol–water partition coefficient (Wildman–Crippen LogP) is 2.16. The predicted molar refractivity (Wildman–Crippen MR) is 71.0 cm³/mol. The van der Waals surface area contributed by atoms with Gasteiger partial charge in [0.1, 0.15) is 0 Å². The quantitative estimate of drug-likeness (QED) is 0.792. The fraction of sp³-hybridized carbons (Fsp3) is 0.538. The van der Waals surface area contributed by atoms with Gasteiger partial charge < -0.3 is 5.32 Å². The van der Waals surface area contributed by atoms with Crippen molar-refractivity contribution < 1.29 is 8.42 Å². The zero-order valence-electron chi connectivity index (χ0n) is 10.7. The Morgan fingerprint density at radius 1 is 1.24 bits per heavy atom. The Morgan fingerprint density at radius 2 is 1.88 bits per heavy atom. The van der Waals surface area contributed by atoms with Crippen molar-refractivity contribution in [3.8, 4) is 0 Å². The Kier molecular flexibility index (Phi) is 5.15. The van der Waals surface area contributed by atoms with Crippen LogP contribution in [0.3, 0.4) is 0 Å². The number of nitrogens with one attached hydrogen (secondary N) is 1. The van der Waals surface area contributed by atoms with Gasteiger partial charge in [0.2, 0.25) is 0 Å². The third-order valence-corrected chi connectivity index (χ3v) is 4.53. The summed E-state index contributed by atoms with van der Waals surface area (Å²) in [5.74, 6) is 0.206. The van der Waals surface area contributed by atoms with Crippen molar-refractivity contribution >= 4 is 9.84 Å². The van der Waals surface area contributed by atoms with Crippen LogP contribution >= 0.6 is 0 Å². The minimum absolute atomic E-state index is 0.206. The normalized spacial score (nSPS) is 12.0. The van der Waals surface area contributed by atoms with Gasteiger partial charge in [-0.3, -0.25) is 0 Å². The fourth-order valence-electron chi connectivity index (χ4n) is 1.67. The molecular formula is C13H21NO2S. The number of rotatable bonds is 6. The Bertz CT molecular complexity index is 452. The first-order chi connectivity index (χ1) is 7.93. The van der Waals surface area contributed by atoms with E-state index in [-0.39, 0.29) is 5.75 Å². The van der Waals surface area contributed by atoms with E-state index in [2.05, 4.69) is 19.2 Å². The molecule has 0 fully saturated rings. The van der Waals surface area contributed by atoms with E-state index in [9.17, 15) is 8.42 Å². The van der Waals surface area contributed by atoms with E-state index in [1.165, 1.54) is 0 Å². The lowest BCUT2D eigenvalue weighted by Gasteiger charge is -2.09. The van der Waals surface area contributed by atoms with Crippen LogP contribution in [0.2, 0.25) is 0 Å². The van der Waals surface area contributed by atoms with Gasteiger partial charge >= 0.3 is 0 Å². The van der Waals surface area contributed by atoms with Gasteiger partial charge in [0, 0.05) is 6.04 Å². The monoisotopic (exact) mass is 255 g/mol. The second kappa shape index (κ2) is 6.17. The van der Waals surface area contributed by atoms with Crippen LogP contribution in [-0.2, 0) is 9.84 Å². The molecule has 17 heavy (non-hydrogen) atoms. The SMILES string of the molecule is Cc1ccccc1S(=O)(=O)CCCNC(C)C. The maximum Gasteiger partial charge on any atom is 0.178 e. The van der Waals surface area contributed by atoms with Crippen LogP contribution in [0, 0.1) is 6.92 Å². The van der Waals surface area contributed by atoms with Crippen molar-refractivity contribution in [1.29, 1.82) is 0 Å². The molecule has 0 bridgehead atoms. The molecule has 1 N–H and O–H groups in total. The van der Waals surface area contributed by atoms with E-state index in [0.717, 1.165) is 12.1 Å². The van der Waals surface area contributed by atoms with Crippen molar-refractivity contribution in [2.45, 2.75) is 38.1 Å². The molecule has 0 spiro atoms. The van der Waals surface area contributed by atoms with Gasteiger partial charge in [0.15, 0.2) is 9.84 Å². The molecule has 0 atom stereocenters. The van der Waals surface area contributed by atoms with Crippen molar-refractivity contribution in [3.63, 3.8) is 0 Å². The minimum atomic E-state index is -3.13. The summed E-state index contributed by atoms with van der Waals surface area (Å²) in [5.41, 5.74) is 0.823. The van der Waals surface area contributed by atoms with Gasteiger partial charge in [-0.15, -0.1) is 0 Å². The molecule has 0 aliphatic heterocycles. The topological polar surface area (TPSA) is 46.2 Å². The molecule has 0 heterocycles. The first kappa shape index (κ1) is 14.2. The number of hydrogen-bond acceptors (Lipinski definition) is 3. The summed E-state index contributed by atoms with van der Waals surface area (Å²) in [6.07, 6.45) is 0.648. The number of hydrogen-bond donors (Lipinski definition) is 1. The van der Waals surface area contributed by atoms with E-state index >= 15 is 0 Å². The van der Waals surface area contributed by atoms with Gasteiger partial charge in [0.25, 0.3) is 0 Å². The van der Waals surface area contributed by atoms with Crippen molar-refractivity contribution in [3.05, 3.63) is 29.8 Å². The molecule has 0 aliphatic carbocycles. The van der Waals surface area contributed by atoms with Gasteiger partial charge in [-0.05, 0) is 31.5 Å². The molecule has 1 aromatic carbocycles. The molecule has 1 rings (SSSR count). The van der Waals surface area contributed by atoms with Crippen LogP contribution in [0.15, 0.2) is 29.2 Å². The number of aryl methyl sites for hydroxylation is 1. The lowest BCUT2D eigenvalue weighted by molar-refractivity contribution is 0.568.